The number of halogens is 2. The summed E-state index contributed by atoms with van der Waals surface area (Å²) in [5.41, 5.74) is 1.46. The van der Waals surface area contributed by atoms with Gasteiger partial charge in [-0.1, -0.05) is 13.3 Å². The third kappa shape index (κ3) is 2.26. The van der Waals surface area contributed by atoms with Crippen LogP contribution in [-0.4, -0.2) is 6.54 Å². The molecule has 2 aliphatic carbocycles. The van der Waals surface area contributed by atoms with E-state index in [1.165, 1.54) is 32.4 Å². The van der Waals surface area contributed by atoms with Gasteiger partial charge in [0.05, 0.1) is 7.57 Å². The van der Waals surface area contributed by atoms with E-state index in [1.807, 2.05) is 0 Å². The summed E-state index contributed by atoms with van der Waals surface area (Å²) < 4.78 is 2.52. The Morgan fingerprint density at radius 1 is 1.41 bits per heavy atom. The van der Waals surface area contributed by atoms with Gasteiger partial charge in [-0.25, -0.2) is 0 Å². The van der Waals surface area contributed by atoms with E-state index >= 15 is 0 Å². The maximum absolute atomic E-state index is 3.71. The van der Waals surface area contributed by atoms with Crippen LogP contribution >= 0.6 is 43.2 Å². The second kappa shape index (κ2) is 4.95. The Kier molecular flexibility index (Phi) is 3.68. The highest BCUT2D eigenvalue weighted by Gasteiger charge is 2.56. The van der Waals surface area contributed by atoms with Gasteiger partial charge in [-0.2, -0.15) is 0 Å². The summed E-state index contributed by atoms with van der Waals surface area (Å²) in [6.45, 7) is 3.26. The predicted molar refractivity (Wildman–Crippen MR) is 80.5 cm³/mol. The maximum Gasteiger partial charge on any atom is 0.0758 e. The van der Waals surface area contributed by atoms with E-state index in [2.05, 4.69) is 50.2 Å². The van der Waals surface area contributed by atoms with Crippen molar-refractivity contribution in [3.8, 4) is 0 Å². The van der Waals surface area contributed by atoms with E-state index in [1.54, 1.807) is 11.3 Å². The largest absolute Gasteiger partial charge is 0.310 e. The van der Waals surface area contributed by atoms with Gasteiger partial charge >= 0.3 is 0 Å². The predicted octanol–water partition coefficient (Wildman–Crippen LogP) is 4.97. The molecule has 3 unspecified atom stereocenters. The van der Waals surface area contributed by atoms with Crippen molar-refractivity contribution in [3.63, 3.8) is 0 Å². The lowest BCUT2D eigenvalue weighted by Crippen LogP contribution is -2.24. The molecule has 3 rings (SSSR count). The lowest BCUT2D eigenvalue weighted by molar-refractivity contribution is 0.425. The van der Waals surface area contributed by atoms with Crippen LogP contribution in [0.2, 0.25) is 0 Å². The Bertz CT molecular complexity index is 408. The molecule has 94 valence electrons. The molecule has 2 aliphatic rings. The number of rotatable bonds is 4. The molecule has 0 bridgehead atoms. The lowest BCUT2D eigenvalue weighted by atomic mass is 9.99. The van der Waals surface area contributed by atoms with Gasteiger partial charge in [-0.3, -0.25) is 0 Å². The number of nitrogens with one attached hydrogen (secondary N) is 1. The third-order valence-corrected chi connectivity index (χ3v) is 6.69. The van der Waals surface area contributed by atoms with E-state index in [-0.39, 0.29) is 0 Å². The fourth-order valence-electron chi connectivity index (χ4n) is 3.61. The Balaban J connectivity index is 1.83. The highest BCUT2D eigenvalue weighted by Crippen LogP contribution is 2.63. The van der Waals surface area contributed by atoms with E-state index in [0.717, 1.165) is 24.3 Å². The fourth-order valence-corrected chi connectivity index (χ4v) is 6.54. The molecule has 0 radical (unpaired) electrons. The average Bonchev–Trinajstić information content (AvgIpc) is 2.64. The average molecular weight is 379 g/mol. The first kappa shape index (κ1) is 12.6. The summed E-state index contributed by atoms with van der Waals surface area (Å²) in [4.78, 5) is 0. The van der Waals surface area contributed by atoms with Crippen LogP contribution in [0.1, 0.15) is 37.8 Å². The molecule has 2 fully saturated rings. The minimum Gasteiger partial charge on any atom is -0.310 e. The van der Waals surface area contributed by atoms with Crippen LogP contribution < -0.4 is 5.32 Å². The van der Waals surface area contributed by atoms with Gasteiger partial charge in [0.2, 0.25) is 0 Å². The van der Waals surface area contributed by atoms with Crippen molar-refractivity contribution in [2.45, 2.75) is 32.2 Å². The summed E-state index contributed by atoms with van der Waals surface area (Å²) in [6, 6.07) is 2.85. The lowest BCUT2D eigenvalue weighted by Gasteiger charge is -2.19. The standard InChI is InChI=1S/C13H17Br2NS/c1-2-16-12(9-6-10(14)17-13(9)15)11-7-4-3-5-8(7)11/h6-8,11-12,16H,2-5H2,1H3. The van der Waals surface area contributed by atoms with Gasteiger partial charge in [-0.15, -0.1) is 11.3 Å². The molecule has 1 heterocycles. The quantitative estimate of drug-likeness (QED) is 0.779. The van der Waals surface area contributed by atoms with E-state index in [4.69, 9.17) is 0 Å². The molecule has 1 aromatic rings. The van der Waals surface area contributed by atoms with Crippen molar-refractivity contribution >= 4 is 43.2 Å². The van der Waals surface area contributed by atoms with Crippen LogP contribution in [-0.2, 0) is 0 Å². The van der Waals surface area contributed by atoms with Gasteiger partial charge < -0.3 is 5.32 Å². The first-order valence-electron chi connectivity index (χ1n) is 6.40. The van der Waals surface area contributed by atoms with E-state index < -0.39 is 0 Å². The summed E-state index contributed by atoms with van der Waals surface area (Å²) in [6.07, 6.45) is 4.37. The molecule has 3 atom stereocenters. The Hall–Kier alpha value is 0.620. The van der Waals surface area contributed by atoms with Gasteiger partial charge in [0.1, 0.15) is 0 Å². The molecule has 0 saturated heterocycles. The van der Waals surface area contributed by atoms with E-state index in [9.17, 15) is 0 Å². The minimum atomic E-state index is 0.562. The first-order chi connectivity index (χ1) is 8.22. The number of thiophene rings is 1. The Labute approximate surface area is 124 Å². The highest BCUT2D eigenvalue weighted by atomic mass is 79.9. The topological polar surface area (TPSA) is 12.0 Å². The fraction of sp³-hybridized carbons (Fsp3) is 0.692. The molecular weight excluding hydrogens is 362 g/mol. The van der Waals surface area contributed by atoms with Crippen molar-refractivity contribution in [1.29, 1.82) is 0 Å². The van der Waals surface area contributed by atoms with Crippen molar-refractivity contribution in [2.75, 3.05) is 6.54 Å². The van der Waals surface area contributed by atoms with Crippen LogP contribution in [0.15, 0.2) is 13.6 Å². The summed E-state index contributed by atoms with van der Waals surface area (Å²) in [7, 11) is 0. The zero-order valence-electron chi connectivity index (χ0n) is 9.88. The van der Waals surface area contributed by atoms with Crippen LogP contribution in [0.4, 0.5) is 0 Å². The smallest absolute Gasteiger partial charge is 0.0758 e. The molecular formula is C13H17Br2NS. The molecule has 1 nitrogen and oxygen atoms in total. The molecule has 17 heavy (non-hydrogen) atoms. The maximum atomic E-state index is 3.71. The monoisotopic (exact) mass is 377 g/mol. The van der Waals surface area contributed by atoms with Gasteiger partial charge in [-0.05, 0) is 80.6 Å². The molecule has 1 N–H and O–H groups in total. The van der Waals surface area contributed by atoms with Crippen LogP contribution in [0.5, 0.6) is 0 Å². The molecule has 0 spiro atoms. The van der Waals surface area contributed by atoms with Gasteiger partial charge in [0.25, 0.3) is 0 Å². The number of hydrogen-bond donors (Lipinski definition) is 1. The molecule has 4 heteroatoms. The van der Waals surface area contributed by atoms with Crippen molar-refractivity contribution in [2.24, 2.45) is 17.8 Å². The molecule has 0 aromatic carbocycles. The second-order valence-corrected chi connectivity index (χ2v) is 8.90. The zero-order chi connectivity index (χ0) is 12.0. The van der Waals surface area contributed by atoms with Gasteiger partial charge in [0, 0.05) is 6.04 Å². The number of fused-ring (bicyclic) bond motifs is 1. The summed E-state index contributed by atoms with van der Waals surface area (Å²) in [5, 5.41) is 3.70. The van der Waals surface area contributed by atoms with Crippen LogP contribution in [0.25, 0.3) is 0 Å². The minimum absolute atomic E-state index is 0.562. The highest BCUT2D eigenvalue weighted by molar-refractivity contribution is 9.12. The SMILES string of the molecule is CCNC(c1cc(Br)sc1Br)C1C2CCCC21. The molecule has 2 saturated carbocycles. The Morgan fingerprint density at radius 3 is 2.65 bits per heavy atom. The first-order valence-corrected chi connectivity index (χ1v) is 8.80. The third-order valence-electron chi connectivity index (χ3n) is 4.30. The number of hydrogen-bond acceptors (Lipinski definition) is 2. The normalized spacial score (nSPS) is 32.5. The van der Waals surface area contributed by atoms with E-state index in [0.29, 0.717) is 6.04 Å². The molecule has 0 aliphatic heterocycles. The zero-order valence-corrected chi connectivity index (χ0v) is 13.9. The summed E-state index contributed by atoms with van der Waals surface area (Å²) in [5.74, 6) is 2.90. The van der Waals surface area contributed by atoms with Crippen molar-refractivity contribution in [1.82, 2.24) is 5.32 Å². The van der Waals surface area contributed by atoms with Crippen LogP contribution in [0, 0.1) is 17.8 Å². The summed E-state index contributed by atoms with van der Waals surface area (Å²) >= 11 is 9.10. The van der Waals surface area contributed by atoms with Gasteiger partial charge in [0.15, 0.2) is 0 Å². The van der Waals surface area contributed by atoms with Crippen LogP contribution in [0.3, 0.4) is 0 Å². The van der Waals surface area contributed by atoms with Crippen molar-refractivity contribution in [3.05, 3.63) is 19.2 Å². The molecule has 1 aromatic heterocycles. The second-order valence-electron chi connectivity index (χ2n) is 5.15. The molecule has 0 amide bonds. The Morgan fingerprint density at radius 2 is 2.12 bits per heavy atom. The van der Waals surface area contributed by atoms with Crippen molar-refractivity contribution < 1.29 is 0 Å².